The van der Waals surface area contributed by atoms with Crippen molar-refractivity contribution >= 4 is 5.97 Å². The fourth-order valence-corrected chi connectivity index (χ4v) is 3.04. The molecule has 27 heavy (non-hydrogen) atoms. The van der Waals surface area contributed by atoms with Crippen LogP contribution >= 0.6 is 0 Å². The summed E-state index contributed by atoms with van der Waals surface area (Å²) in [5.41, 5.74) is 2.05. The number of carbonyl (C=O) groups is 1. The van der Waals surface area contributed by atoms with E-state index in [9.17, 15) is 9.90 Å². The first-order valence-electron chi connectivity index (χ1n) is 8.97. The summed E-state index contributed by atoms with van der Waals surface area (Å²) in [6, 6.07) is 19.5. The molecule has 3 rings (SSSR count). The molecular formula is C21H24O6. The monoisotopic (exact) mass is 372 g/mol. The predicted octanol–water partition coefficient (Wildman–Crippen LogP) is 2.39. The SMILES string of the molecule is O=C(O)[C@@H](O)[C@@H]1C[C@H](OCc2ccccc2)[C@H](OCc2ccccc2)CO1. The Morgan fingerprint density at radius 3 is 2.00 bits per heavy atom. The average molecular weight is 372 g/mol. The molecule has 1 fully saturated rings. The second kappa shape index (κ2) is 9.62. The summed E-state index contributed by atoms with van der Waals surface area (Å²) in [5.74, 6) is -1.30. The summed E-state index contributed by atoms with van der Waals surface area (Å²) in [4.78, 5) is 11.1. The standard InChI is InChI=1S/C21H24O6/c22-20(21(23)24)18-11-17(25-12-15-7-3-1-4-8-15)19(14-27-18)26-13-16-9-5-2-6-10-16/h1-10,17-20,22H,11-14H2,(H,23,24)/t17-,18-,19+,20-/m0/s1. The van der Waals surface area contributed by atoms with Crippen LogP contribution in [0.4, 0.5) is 0 Å². The van der Waals surface area contributed by atoms with Crippen LogP contribution in [0.1, 0.15) is 17.5 Å². The molecule has 0 aliphatic carbocycles. The summed E-state index contributed by atoms with van der Waals surface area (Å²) >= 11 is 0. The molecule has 0 saturated carbocycles. The van der Waals surface area contributed by atoms with Crippen LogP contribution in [0.3, 0.4) is 0 Å². The van der Waals surface area contributed by atoms with Gasteiger partial charge in [-0.05, 0) is 11.1 Å². The molecule has 0 aromatic heterocycles. The molecule has 0 radical (unpaired) electrons. The van der Waals surface area contributed by atoms with Gasteiger partial charge in [0.1, 0.15) is 6.10 Å². The van der Waals surface area contributed by atoms with Crippen molar-refractivity contribution in [2.75, 3.05) is 6.61 Å². The van der Waals surface area contributed by atoms with E-state index in [1.807, 2.05) is 60.7 Å². The highest BCUT2D eigenvalue weighted by atomic mass is 16.6. The fourth-order valence-electron chi connectivity index (χ4n) is 3.04. The topological polar surface area (TPSA) is 85.2 Å². The minimum atomic E-state index is -1.58. The maximum absolute atomic E-state index is 11.1. The van der Waals surface area contributed by atoms with Crippen molar-refractivity contribution in [3.05, 3.63) is 71.8 Å². The number of rotatable bonds is 8. The first kappa shape index (κ1) is 19.5. The minimum Gasteiger partial charge on any atom is -0.479 e. The zero-order valence-corrected chi connectivity index (χ0v) is 14.9. The molecule has 0 unspecified atom stereocenters. The Morgan fingerprint density at radius 2 is 1.48 bits per heavy atom. The molecule has 1 aliphatic rings. The number of benzene rings is 2. The molecule has 0 amide bonds. The molecule has 0 spiro atoms. The van der Waals surface area contributed by atoms with Crippen molar-refractivity contribution < 1.29 is 29.2 Å². The molecule has 144 valence electrons. The molecule has 1 saturated heterocycles. The van der Waals surface area contributed by atoms with Gasteiger partial charge in [0.15, 0.2) is 6.10 Å². The first-order valence-corrected chi connectivity index (χ1v) is 8.97. The largest absolute Gasteiger partial charge is 0.479 e. The number of hydrogen-bond donors (Lipinski definition) is 2. The highest BCUT2D eigenvalue weighted by Gasteiger charge is 2.38. The van der Waals surface area contributed by atoms with Gasteiger partial charge in [0, 0.05) is 6.42 Å². The van der Waals surface area contributed by atoms with E-state index in [0.29, 0.717) is 13.2 Å². The zero-order valence-electron chi connectivity index (χ0n) is 14.9. The molecular weight excluding hydrogens is 348 g/mol. The van der Waals surface area contributed by atoms with E-state index < -0.39 is 18.2 Å². The van der Waals surface area contributed by atoms with Crippen LogP contribution in [-0.4, -0.2) is 47.2 Å². The van der Waals surface area contributed by atoms with Crippen LogP contribution in [0.2, 0.25) is 0 Å². The number of aliphatic hydroxyl groups excluding tert-OH is 1. The maximum atomic E-state index is 11.1. The van der Waals surface area contributed by atoms with E-state index in [0.717, 1.165) is 11.1 Å². The Morgan fingerprint density at radius 1 is 0.963 bits per heavy atom. The van der Waals surface area contributed by atoms with Crippen molar-refractivity contribution in [3.63, 3.8) is 0 Å². The molecule has 6 heteroatoms. The number of carboxylic acids is 1. The molecule has 6 nitrogen and oxygen atoms in total. The van der Waals surface area contributed by atoms with Gasteiger partial charge in [0.25, 0.3) is 0 Å². The van der Waals surface area contributed by atoms with Crippen molar-refractivity contribution in [1.29, 1.82) is 0 Å². The average Bonchev–Trinajstić information content (AvgIpc) is 2.72. The van der Waals surface area contributed by atoms with E-state index in [2.05, 4.69) is 0 Å². The normalized spacial score (nSPS) is 23.7. The van der Waals surface area contributed by atoms with Crippen LogP contribution in [0.15, 0.2) is 60.7 Å². The lowest BCUT2D eigenvalue weighted by Crippen LogP contribution is -2.49. The maximum Gasteiger partial charge on any atom is 0.335 e. The van der Waals surface area contributed by atoms with Crippen LogP contribution in [0.5, 0.6) is 0 Å². The van der Waals surface area contributed by atoms with Crippen molar-refractivity contribution in [2.45, 2.75) is 44.1 Å². The Kier molecular flexibility index (Phi) is 6.95. The first-order chi connectivity index (χ1) is 13.1. The van der Waals surface area contributed by atoms with E-state index in [1.54, 1.807) is 0 Å². The molecule has 1 heterocycles. The number of ether oxygens (including phenoxy) is 3. The van der Waals surface area contributed by atoms with Crippen LogP contribution < -0.4 is 0 Å². The van der Waals surface area contributed by atoms with Crippen LogP contribution in [0.25, 0.3) is 0 Å². The minimum absolute atomic E-state index is 0.168. The number of aliphatic carboxylic acids is 1. The van der Waals surface area contributed by atoms with Crippen LogP contribution in [-0.2, 0) is 32.2 Å². The summed E-state index contributed by atoms with van der Waals surface area (Å²) in [5, 5.41) is 18.9. The van der Waals surface area contributed by atoms with Gasteiger partial charge in [0.2, 0.25) is 0 Å². The Balaban J connectivity index is 1.63. The third-order valence-electron chi connectivity index (χ3n) is 4.57. The Labute approximate surface area is 158 Å². The van der Waals surface area contributed by atoms with Gasteiger partial charge in [0.05, 0.1) is 32.0 Å². The molecule has 2 N–H and O–H groups in total. The highest BCUT2D eigenvalue weighted by molar-refractivity contribution is 5.72. The molecule has 2 aromatic carbocycles. The lowest BCUT2D eigenvalue weighted by Gasteiger charge is -2.36. The van der Waals surface area contributed by atoms with E-state index in [4.69, 9.17) is 19.3 Å². The lowest BCUT2D eigenvalue weighted by molar-refractivity contribution is -0.196. The Hall–Kier alpha value is -2.25. The summed E-state index contributed by atoms with van der Waals surface area (Å²) < 4.78 is 17.5. The number of aliphatic hydroxyl groups is 1. The van der Waals surface area contributed by atoms with Gasteiger partial charge in [-0.25, -0.2) is 4.79 Å². The number of carboxylic acid groups (broad SMARTS) is 1. The van der Waals surface area contributed by atoms with Crippen molar-refractivity contribution in [3.8, 4) is 0 Å². The smallest absolute Gasteiger partial charge is 0.335 e. The molecule has 0 bridgehead atoms. The van der Waals surface area contributed by atoms with E-state index in [-0.39, 0.29) is 25.2 Å². The van der Waals surface area contributed by atoms with Gasteiger partial charge in [-0.2, -0.15) is 0 Å². The zero-order chi connectivity index (χ0) is 19.1. The molecule has 1 aliphatic heterocycles. The summed E-state index contributed by atoms with van der Waals surface area (Å²) in [6.45, 7) is 0.958. The number of hydrogen-bond acceptors (Lipinski definition) is 5. The van der Waals surface area contributed by atoms with Gasteiger partial charge in [-0.1, -0.05) is 60.7 Å². The second-order valence-electron chi connectivity index (χ2n) is 6.56. The van der Waals surface area contributed by atoms with E-state index in [1.165, 1.54) is 0 Å². The quantitative estimate of drug-likeness (QED) is 0.740. The molecule has 2 aromatic rings. The van der Waals surface area contributed by atoms with Gasteiger partial charge < -0.3 is 24.4 Å². The Bertz CT molecular complexity index is 705. The summed E-state index contributed by atoms with van der Waals surface area (Å²) in [6.07, 6.45) is -2.87. The second-order valence-corrected chi connectivity index (χ2v) is 6.56. The fraction of sp³-hybridized carbons (Fsp3) is 0.381. The lowest BCUT2D eigenvalue weighted by atomic mass is 9.99. The summed E-state index contributed by atoms with van der Waals surface area (Å²) in [7, 11) is 0. The highest BCUT2D eigenvalue weighted by Crippen LogP contribution is 2.24. The third kappa shape index (κ3) is 5.61. The van der Waals surface area contributed by atoms with Gasteiger partial charge in [-0.15, -0.1) is 0 Å². The van der Waals surface area contributed by atoms with Crippen molar-refractivity contribution in [2.24, 2.45) is 0 Å². The predicted molar refractivity (Wildman–Crippen MR) is 98.0 cm³/mol. The van der Waals surface area contributed by atoms with Gasteiger partial charge >= 0.3 is 5.97 Å². The van der Waals surface area contributed by atoms with Crippen molar-refractivity contribution in [1.82, 2.24) is 0 Å². The van der Waals surface area contributed by atoms with E-state index >= 15 is 0 Å². The third-order valence-corrected chi connectivity index (χ3v) is 4.57. The van der Waals surface area contributed by atoms with Crippen LogP contribution in [0, 0.1) is 0 Å². The molecule has 4 atom stereocenters. The van der Waals surface area contributed by atoms with Gasteiger partial charge in [-0.3, -0.25) is 0 Å².